The molecule has 1 heterocycles. The van der Waals surface area contributed by atoms with Crippen molar-refractivity contribution in [3.8, 4) is 0 Å². The lowest BCUT2D eigenvalue weighted by atomic mass is 10.1. The summed E-state index contributed by atoms with van der Waals surface area (Å²) in [6.45, 7) is 11.3. The third-order valence-electron chi connectivity index (χ3n) is 3.05. The summed E-state index contributed by atoms with van der Waals surface area (Å²) in [5.41, 5.74) is -0.773. The molecule has 1 saturated heterocycles. The van der Waals surface area contributed by atoms with Gasteiger partial charge in [-0.3, -0.25) is 0 Å². The van der Waals surface area contributed by atoms with Crippen LogP contribution in [0.1, 0.15) is 34.6 Å². The fourth-order valence-corrected chi connectivity index (χ4v) is 2.64. The van der Waals surface area contributed by atoms with Gasteiger partial charge in [0.2, 0.25) is 0 Å². The van der Waals surface area contributed by atoms with Crippen molar-refractivity contribution in [3.63, 3.8) is 0 Å². The fraction of sp³-hybridized carbons (Fsp3) is 0.929. The van der Waals surface area contributed by atoms with Crippen LogP contribution >= 0.6 is 22.6 Å². The van der Waals surface area contributed by atoms with Gasteiger partial charge in [-0.2, -0.15) is 0 Å². The van der Waals surface area contributed by atoms with Gasteiger partial charge in [-0.15, -0.1) is 0 Å². The molecule has 1 aliphatic heterocycles. The fourth-order valence-electron chi connectivity index (χ4n) is 1.73. The van der Waals surface area contributed by atoms with Crippen LogP contribution in [0.4, 0.5) is 4.79 Å². The van der Waals surface area contributed by atoms with Crippen molar-refractivity contribution in [1.82, 2.24) is 4.90 Å². The minimum atomic E-state index is -0.463. The first kappa shape index (κ1) is 18.0. The van der Waals surface area contributed by atoms with E-state index in [1.807, 2.05) is 34.6 Å². The highest BCUT2D eigenvalue weighted by Gasteiger charge is 2.37. The number of nitrogens with zero attached hydrogens (tertiary/aromatic N) is 1. The summed E-state index contributed by atoms with van der Waals surface area (Å²) >= 11 is 2.33. The molecule has 5 nitrogen and oxygen atoms in total. The summed E-state index contributed by atoms with van der Waals surface area (Å²) in [4.78, 5) is 13.7. The Morgan fingerprint density at radius 1 is 1.25 bits per heavy atom. The highest BCUT2D eigenvalue weighted by molar-refractivity contribution is 14.1. The SMILES string of the molecule is COC(C)(C)COC1CN(C(=O)OC(C)(C)C)CC1I. The van der Waals surface area contributed by atoms with Crippen LogP contribution in [0.3, 0.4) is 0 Å². The van der Waals surface area contributed by atoms with Gasteiger partial charge >= 0.3 is 6.09 Å². The largest absolute Gasteiger partial charge is 0.444 e. The predicted octanol–water partition coefficient (Wildman–Crippen LogP) is 2.85. The van der Waals surface area contributed by atoms with Crippen molar-refractivity contribution in [2.75, 3.05) is 26.8 Å². The lowest BCUT2D eigenvalue weighted by Gasteiger charge is -2.26. The van der Waals surface area contributed by atoms with Gasteiger partial charge in [0.15, 0.2) is 0 Å². The second-order valence-corrected chi connectivity index (χ2v) is 8.31. The molecular weight excluding hydrogens is 373 g/mol. The number of hydrogen-bond donors (Lipinski definition) is 0. The zero-order chi connectivity index (χ0) is 15.6. The topological polar surface area (TPSA) is 48.0 Å². The van der Waals surface area contributed by atoms with Crippen LogP contribution in [-0.2, 0) is 14.2 Å². The molecule has 1 fully saturated rings. The van der Waals surface area contributed by atoms with Crippen LogP contribution in [0.25, 0.3) is 0 Å². The van der Waals surface area contributed by atoms with Gasteiger partial charge in [-0.05, 0) is 34.6 Å². The molecule has 0 N–H and O–H groups in total. The lowest BCUT2D eigenvalue weighted by molar-refractivity contribution is -0.0707. The Balaban J connectivity index is 2.49. The Hall–Kier alpha value is -0.0800. The zero-order valence-corrected chi connectivity index (χ0v) is 15.4. The van der Waals surface area contributed by atoms with E-state index in [0.29, 0.717) is 19.7 Å². The molecule has 0 spiro atoms. The molecule has 0 bridgehead atoms. The monoisotopic (exact) mass is 399 g/mol. The van der Waals surface area contributed by atoms with Gasteiger partial charge in [0.1, 0.15) is 5.60 Å². The first-order valence-corrected chi connectivity index (χ1v) is 8.07. The van der Waals surface area contributed by atoms with Gasteiger partial charge in [0.25, 0.3) is 0 Å². The van der Waals surface area contributed by atoms with Gasteiger partial charge in [0, 0.05) is 13.7 Å². The Bertz CT molecular complexity index is 341. The Morgan fingerprint density at radius 3 is 2.35 bits per heavy atom. The van der Waals surface area contributed by atoms with E-state index in [1.54, 1.807) is 12.0 Å². The third-order valence-corrected chi connectivity index (χ3v) is 4.24. The first-order valence-electron chi connectivity index (χ1n) is 6.83. The van der Waals surface area contributed by atoms with Crippen molar-refractivity contribution < 1.29 is 19.0 Å². The molecule has 0 radical (unpaired) electrons. The van der Waals surface area contributed by atoms with Crippen LogP contribution < -0.4 is 0 Å². The minimum Gasteiger partial charge on any atom is -0.444 e. The van der Waals surface area contributed by atoms with Crippen molar-refractivity contribution in [3.05, 3.63) is 0 Å². The molecule has 1 amide bonds. The summed E-state index contributed by atoms with van der Waals surface area (Å²) in [5.74, 6) is 0. The molecule has 2 unspecified atom stereocenters. The maximum atomic E-state index is 12.0. The molecule has 2 atom stereocenters. The second kappa shape index (κ2) is 6.79. The molecule has 20 heavy (non-hydrogen) atoms. The van der Waals surface area contributed by atoms with E-state index in [0.717, 1.165) is 0 Å². The van der Waals surface area contributed by atoms with E-state index in [-0.39, 0.29) is 21.7 Å². The number of carbonyl (C=O) groups excluding carboxylic acids is 1. The van der Waals surface area contributed by atoms with E-state index in [9.17, 15) is 4.79 Å². The van der Waals surface area contributed by atoms with Crippen molar-refractivity contribution in [1.29, 1.82) is 0 Å². The van der Waals surface area contributed by atoms with Crippen molar-refractivity contribution >= 4 is 28.7 Å². The predicted molar refractivity (Wildman–Crippen MR) is 86.4 cm³/mol. The molecular formula is C14H26INO4. The summed E-state index contributed by atoms with van der Waals surface area (Å²) in [5, 5.41) is 0. The summed E-state index contributed by atoms with van der Waals surface area (Å²) in [7, 11) is 1.67. The summed E-state index contributed by atoms with van der Waals surface area (Å²) < 4.78 is 16.9. The van der Waals surface area contributed by atoms with Gasteiger partial charge in [-0.1, -0.05) is 22.6 Å². The average molecular weight is 399 g/mol. The standard InChI is InChI=1S/C14H26INO4/c1-13(2,3)20-12(17)16-7-10(15)11(8-16)19-9-14(4,5)18-6/h10-11H,7-9H2,1-6H3. The number of methoxy groups -OCH3 is 1. The lowest BCUT2D eigenvalue weighted by Crippen LogP contribution is -2.37. The number of likely N-dealkylation sites (tertiary alicyclic amines) is 1. The number of hydrogen-bond acceptors (Lipinski definition) is 4. The highest BCUT2D eigenvalue weighted by Crippen LogP contribution is 2.24. The van der Waals surface area contributed by atoms with Crippen LogP contribution in [0.15, 0.2) is 0 Å². The molecule has 0 saturated carbocycles. The maximum absolute atomic E-state index is 12.0. The minimum absolute atomic E-state index is 0.0255. The van der Waals surface area contributed by atoms with Crippen molar-refractivity contribution in [2.45, 2.75) is 55.8 Å². The number of ether oxygens (including phenoxy) is 3. The Morgan fingerprint density at radius 2 is 1.85 bits per heavy atom. The highest BCUT2D eigenvalue weighted by atomic mass is 127. The first-order chi connectivity index (χ1) is 9.04. The maximum Gasteiger partial charge on any atom is 0.410 e. The molecule has 0 aromatic heterocycles. The number of amides is 1. The molecule has 1 aliphatic rings. The normalized spacial score (nSPS) is 24.1. The van der Waals surface area contributed by atoms with E-state index < -0.39 is 5.60 Å². The Kier molecular flexibility index (Phi) is 6.10. The quantitative estimate of drug-likeness (QED) is 0.539. The smallest absolute Gasteiger partial charge is 0.410 e. The molecule has 0 aliphatic carbocycles. The van der Waals surface area contributed by atoms with E-state index in [4.69, 9.17) is 14.2 Å². The van der Waals surface area contributed by atoms with Gasteiger partial charge < -0.3 is 19.1 Å². The van der Waals surface area contributed by atoms with Crippen LogP contribution in [0.5, 0.6) is 0 Å². The number of carbonyl (C=O) groups is 1. The average Bonchev–Trinajstić information content (AvgIpc) is 2.66. The molecule has 118 valence electrons. The number of rotatable bonds is 4. The van der Waals surface area contributed by atoms with Gasteiger partial charge in [-0.25, -0.2) is 4.79 Å². The molecule has 0 aromatic rings. The van der Waals surface area contributed by atoms with E-state index >= 15 is 0 Å². The molecule has 6 heteroatoms. The third kappa shape index (κ3) is 5.73. The van der Waals surface area contributed by atoms with Crippen LogP contribution in [0.2, 0.25) is 0 Å². The van der Waals surface area contributed by atoms with Crippen LogP contribution in [0, 0.1) is 0 Å². The van der Waals surface area contributed by atoms with Crippen LogP contribution in [-0.4, -0.2) is 59.0 Å². The molecule has 0 aromatic carbocycles. The summed E-state index contributed by atoms with van der Waals surface area (Å²) in [6.07, 6.45) is -0.242. The second-order valence-electron chi connectivity index (χ2n) is 6.71. The summed E-state index contributed by atoms with van der Waals surface area (Å²) in [6, 6.07) is 0. The zero-order valence-electron chi connectivity index (χ0n) is 13.2. The van der Waals surface area contributed by atoms with Gasteiger partial charge in [0.05, 0.1) is 28.8 Å². The van der Waals surface area contributed by atoms with E-state index in [1.165, 1.54) is 0 Å². The molecule has 1 rings (SSSR count). The van der Waals surface area contributed by atoms with Crippen molar-refractivity contribution in [2.24, 2.45) is 0 Å². The number of alkyl halides is 1. The Labute approximate surface area is 135 Å². The van der Waals surface area contributed by atoms with E-state index in [2.05, 4.69) is 22.6 Å². The number of halogens is 1.